The van der Waals surface area contributed by atoms with Crippen LogP contribution in [0.2, 0.25) is 0 Å². The number of hydrogen-bond acceptors (Lipinski definition) is 3. The highest BCUT2D eigenvalue weighted by Gasteiger charge is 2.26. The Morgan fingerprint density at radius 2 is 2.25 bits per heavy atom. The Morgan fingerprint density at radius 1 is 1.40 bits per heavy atom. The van der Waals surface area contributed by atoms with E-state index in [2.05, 4.69) is 60.5 Å². The van der Waals surface area contributed by atoms with Gasteiger partial charge >= 0.3 is 0 Å². The fourth-order valence-corrected chi connectivity index (χ4v) is 3.65. The van der Waals surface area contributed by atoms with Crippen LogP contribution in [0, 0.1) is 11.8 Å². The lowest BCUT2D eigenvalue weighted by atomic mass is 10.1. The van der Waals surface area contributed by atoms with Crippen molar-refractivity contribution in [3.05, 3.63) is 35.4 Å². The summed E-state index contributed by atoms with van der Waals surface area (Å²) in [4.78, 5) is 2.52. The largest absolute Gasteiger partial charge is 0.395 e. The molecular weight excluding hydrogens is 266 g/mol. The molecule has 1 aliphatic heterocycles. The quantitative estimate of drug-likeness (QED) is 0.866. The first-order chi connectivity index (χ1) is 9.59. The standard InChI is InChI=1S/C17H23NOS/c1-17(2)14-18(9-11-20-17)13-16-8-5-7-15(12-16)6-3-4-10-19/h5,7-8,12,19H,4,9-11,13-14H2,1-2H3. The molecule has 0 amide bonds. The van der Waals surface area contributed by atoms with Gasteiger partial charge in [-0.05, 0) is 31.5 Å². The van der Waals surface area contributed by atoms with Crippen LogP contribution in [-0.4, -0.2) is 40.2 Å². The monoisotopic (exact) mass is 289 g/mol. The van der Waals surface area contributed by atoms with E-state index in [1.165, 1.54) is 11.3 Å². The fraction of sp³-hybridized carbons (Fsp3) is 0.529. The summed E-state index contributed by atoms with van der Waals surface area (Å²) in [7, 11) is 0. The lowest BCUT2D eigenvalue weighted by Crippen LogP contribution is -2.42. The van der Waals surface area contributed by atoms with Gasteiger partial charge in [0.1, 0.15) is 0 Å². The minimum Gasteiger partial charge on any atom is -0.395 e. The van der Waals surface area contributed by atoms with Crippen molar-refractivity contribution in [3.8, 4) is 11.8 Å². The van der Waals surface area contributed by atoms with Gasteiger partial charge in [0.15, 0.2) is 0 Å². The highest BCUT2D eigenvalue weighted by Crippen LogP contribution is 2.30. The summed E-state index contributed by atoms with van der Waals surface area (Å²) >= 11 is 2.06. The zero-order valence-corrected chi connectivity index (χ0v) is 13.2. The van der Waals surface area contributed by atoms with Crippen molar-refractivity contribution < 1.29 is 5.11 Å². The Bertz CT molecular complexity index is 501. The third-order valence-electron chi connectivity index (χ3n) is 3.31. The summed E-state index contributed by atoms with van der Waals surface area (Å²) < 4.78 is 0.358. The number of benzene rings is 1. The molecule has 0 spiro atoms. The van der Waals surface area contributed by atoms with Crippen molar-refractivity contribution >= 4 is 11.8 Å². The summed E-state index contributed by atoms with van der Waals surface area (Å²) in [6, 6.07) is 8.44. The normalized spacial score (nSPS) is 18.4. The molecule has 1 aromatic rings. The second-order valence-electron chi connectivity index (χ2n) is 5.79. The van der Waals surface area contributed by atoms with Crippen LogP contribution in [0.4, 0.5) is 0 Å². The highest BCUT2D eigenvalue weighted by molar-refractivity contribution is 8.00. The molecule has 3 heteroatoms. The number of hydrogen-bond donors (Lipinski definition) is 1. The molecule has 0 aromatic heterocycles. The molecule has 1 fully saturated rings. The number of aliphatic hydroxyl groups excluding tert-OH is 1. The summed E-state index contributed by atoms with van der Waals surface area (Å²) in [5.74, 6) is 7.30. The van der Waals surface area contributed by atoms with E-state index in [4.69, 9.17) is 5.11 Å². The zero-order chi connectivity index (χ0) is 14.4. The molecule has 0 bridgehead atoms. The highest BCUT2D eigenvalue weighted by atomic mass is 32.2. The smallest absolute Gasteiger partial charge is 0.0540 e. The molecule has 1 heterocycles. The Hall–Kier alpha value is -0.950. The number of rotatable bonds is 3. The molecule has 0 unspecified atom stereocenters. The Balaban J connectivity index is 1.99. The van der Waals surface area contributed by atoms with Gasteiger partial charge in [0.05, 0.1) is 6.61 Å². The van der Waals surface area contributed by atoms with E-state index in [1.807, 2.05) is 6.07 Å². The van der Waals surface area contributed by atoms with Gasteiger partial charge in [0.25, 0.3) is 0 Å². The van der Waals surface area contributed by atoms with E-state index in [0.717, 1.165) is 25.2 Å². The first kappa shape index (κ1) is 15.4. The molecule has 0 saturated carbocycles. The lowest BCUT2D eigenvalue weighted by molar-refractivity contribution is 0.252. The predicted molar refractivity (Wildman–Crippen MR) is 86.8 cm³/mol. The lowest BCUT2D eigenvalue weighted by Gasteiger charge is -2.37. The molecular formula is C17H23NOS. The number of nitrogens with zero attached hydrogens (tertiary/aromatic N) is 1. The van der Waals surface area contributed by atoms with E-state index in [0.29, 0.717) is 11.2 Å². The molecule has 1 saturated heterocycles. The Kier molecular flexibility index (Phi) is 5.54. The molecule has 0 atom stereocenters. The first-order valence-electron chi connectivity index (χ1n) is 7.14. The molecule has 0 aliphatic carbocycles. The minimum atomic E-state index is 0.132. The van der Waals surface area contributed by atoms with Crippen molar-refractivity contribution in [2.75, 3.05) is 25.4 Å². The summed E-state index contributed by atoms with van der Waals surface area (Å²) in [5.41, 5.74) is 2.37. The van der Waals surface area contributed by atoms with Gasteiger partial charge in [0, 0.05) is 42.1 Å². The van der Waals surface area contributed by atoms with E-state index < -0.39 is 0 Å². The average Bonchev–Trinajstić information content (AvgIpc) is 2.38. The number of thioether (sulfide) groups is 1. The van der Waals surface area contributed by atoms with Crippen LogP contribution in [0.3, 0.4) is 0 Å². The number of aliphatic hydroxyl groups is 1. The van der Waals surface area contributed by atoms with Gasteiger partial charge < -0.3 is 5.11 Å². The Morgan fingerprint density at radius 3 is 3.00 bits per heavy atom. The van der Waals surface area contributed by atoms with Gasteiger partial charge in [-0.15, -0.1) is 0 Å². The molecule has 0 radical (unpaired) electrons. The van der Waals surface area contributed by atoms with E-state index >= 15 is 0 Å². The zero-order valence-electron chi connectivity index (χ0n) is 12.4. The first-order valence-corrected chi connectivity index (χ1v) is 8.13. The summed E-state index contributed by atoms with van der Waals surface area (Å²) in [6.45, 7) is 8.07. The van der Waals surface area contributed by atoms with Crippen LogP contribution in [0.25, 0.3) is 0 Å². The van der Waals surface area contributed by atoms with Crippen LogP contribution < -0.4 is 0 Å². The second-order valence-corrected chi connectivity index (χ2v) is 7.60. The van der Waals surface area contributed by atoms with E-state index in [-0.39, 0.29) is 6.61 Å². The molecule has 108 valence electrons. The topological polar surface area (TPSA) is 23.5 Å². The second kappa shape index (κ2) is 7.17. The van der Waals surface area contributed by atoms with Crippen LogP contribution in [0.15, 0.2) is 24.3 Å². The fourth-order valence-electron chi connectivity index (χ4n) is 2.48. The minimum absolute atomic E-state index is 0.132. The Labute approximate surface area is 126 Å². The molecule has 1 N–H and O–H groups in total. The molecule has 1 aliphatic rings. The average molecular weight is 289 g/mol. The van der Waals surface area contributed by atoms with Gasteiger partial charge in [-0.1, -0.05) is 24.0 Å². The van der Waals surface area contributed by atoms with Crippen LogP contribution in [0.5, 0.6) is 0 Å². The van der Waals surface area contributed by atoms with E-state index in [1.54, 1.807) is 0 Å². The van der Waals surface area contributed by atoms with Crippen molar-refractivity contribution in [1.29, 1.82) is 0 Å². The maximum Gasteiger partial charge on any atom is 0.0540 e. The summed E-state index contributed by atoms with van der Waals surface area (Å²) in [6.07, 6.45) is 0.543. The molecule has 2 nitrogen and oxygen atoms in total. The van der Waals surface area contributed by atoms with E-state index in [9.17, 15) is 0 Å². The van der Waals surface area contributed by atoms with Crippen molar-refractivity contribution in [2.45, 2.75) is 31.6 Å². The van der Waals surface area contributed by atoms with Gasteiger partial charge in [-0.2, -0.15) is 11.8 Å². The van der Waals surface area contributed by atoms with Gasteiger partial charge in [-0.25, -0.2) is 0 Å². The maximum absolute atomic E-state index is 8.75. The van der Waals surface area contributed by atoms with Crippen molar-refractivity contribution in [2.24, 2.45) is 0 Å². The van der Waals surface area contributed by atoms with Gasteiger partial charge in [0.2, 0.25) is 0 Å². The van der Waals surface area contributed by atoms with Gasteiger partial charge in [-0.3, -0.25) is 4.90 Å². The molecule has 20 heavy (non-hydrogen) atoms. The maximum atomic E-state index is 8.75. The molecule has 1 aromatic carbocycles. The van der Waals surface area contributed by atoms with Crippen LogP contribution >= 0.6 is 11.8 Å². The third kappa shape index (κ3) is 4.86. The van der Waals surface area contributed by atoms with Crippen LogP contribution in [-0.2, 0) is 6.54 Å². The third-order valence-corrected chi connectivity index (χ3v) is 4.60. The predicted octanol–water partition coefficient (Wildman–Crippen LogP) is 2.75. The molecule has 2 rings (SSSR count). The SMILES string of the molecule is CC1(C)CN(Cc2cccc(C#CCCO)c2)CCS1. The van der Waals surface area contributed by atoms with Crippen LogP contribution in [0.1, 0.15) is 31.4 Å². The van der Waals surface area contributed by atoms with Crippen molar-refractivity contribution in [3.63, 3.8) is 0 Å². The van der Waals surface area contributed by atoms with Crippen molar-refractivity contribution in [1.82, 2.24) is 4.90 Å². The summed E-state index contributed by atoms with van der Waals surface area (Å²) in [5, 5.41) is 8.75.